The van der Waals surface area contributed by atoms with Crippen LogP contribution in [-0.4, -0.2) is 11.8 Å². The van der Waals surface area contributed by atoms with Crippen molar-refractivity contribution in [2.45, 2.75) is 18.7 Å². The van der Waals surface area contributed by atoms with E-state index in [0.717, 1.165) is 5.39 Å². The predicted molar refractivity (Wildman–Crippen MR) is 110 cm³/mol. The van der Waals surface area contributed by atoms with Crippen molar-refractivity contribution < 1.29 is 18.7 Å². The first-order valence-corrected chi connectivity index (χ1v) is 10.2. The van der Waals surface area contributed by atoms with Crippen molar-refractivity contribution in [2.24, 2.45) is 0 Å². The molecule has 0 amide bonds. The molecule has 134 valence electrons. The maximum atomic E-state index is 13.3. The minimum absolute atomic E-state index is 0.124. The number of para-hydroxylation sites is 1. The lowest BCUT2D eigenvalue weighted by Crippen LogP contribution is -2.07. The summed E-state index contributed by atoms with van der Waals surface area (Å²) in [5.74, 6) is 0.293. The van der Waals surface area contributed by atoms with Gasteiger partial charge >= 0.3 is 5.97 Å². The highest BCUT2D eigenvalue weighted by Gasteiger charge is 2.25. The molecule has 0 spiro atoms. The molecule has 0 aliphatic heterocycles. The Labute approximate surface area is 175 Å². The Hall–Kier alpha value is -1.44. The minimum Gasteiger partial charge on any atom is -0.459 e. The second kappa shape index (κ2) is 7.66. The summed E-state index contributed by atoms with van der Waals surface area (Å²) < 4.78 is 12.1. The Balaban J connectivity index is 2.15. The van der Waals surface area contributed by atoms with Crippen LogP contribution < -0.4 is 4.74 Å². The fourth-order valence-corrected chi connectivity index (χ4v) is 4.33. The lowest BCUT2D eigenvalue weighted by molar-refractivity contribution is -0.131. The molecule has 0 fully saturated rings. The van der Waals surface area contributed by atoms with E-state index >= 15 is 0 Å². The van der Waals surface area contributed by atoms with Crippen molar-refractivity contribution in [1.29, 1.82) is 0 Å². The number of benzene rings is 2. The Morgan fingerprint density at radius 1 is 1.12 bits per heavy atom. The van der Waals surface area contributed by atoms with Crippen LogP contribution in [0.1, 0.15) is 40.4 Å². The van der Waals surface area contributed by atoms with Gasteiger partial charge in [0.05, 0.1) is 19.3 Å². The highest BCUT2D eigenvalue weighted by molar-refractivity contribution is 9.11. The molecule has 0 bridgehead atoms. The third-order valence-corrected chi connectivity index (χ3v) is 5.31. The molecule has 3 rings (SSSR count). The van der Waals surface area contributed by atoms with Crippen molar-refractivity contribution in [1.82, 2.24) is 0 Å². The first-order chi connectivity index (χ1) is 12.3. The van der Waals surface area contributed by atoms with Crippen LogP contribution in [0.25, 0.3) is 11.0 Å². The summed E-state index contributed by atoms with van der Waals surface area (Å²) in [6, 6.07) is 10.7. The number of rotatable bonds is 4. The summed E-state index contributed by atoms with van der Waals surface area (Å²) >= 11 is 10.2. The van der Waals surface area contributed by atoms with Crippen LogP contribution in [0.2, 0.25) is 0 Å². The maximum absolute atomic E-state index is 13.3. The average molecular weight is 545 g/mol. The third kappa shape index (κ3) is 3.66. The normalized spacial score (nSPS) is 12.2. The van der Waals surface area contributed by atoms with Gasteiger partial charge in [0.25, 0.3) is 0 Å². The first kappa shape index (κ1) is 19.3. The quantitative estimate of drug-likeness (QED) is 0.161. The maximum Gasteiger partial charge on any atom is 0.308 e. The third-order valence-electron chi connectivity index (χ3n) is 3.72. The smallest absolute Gasteiger partial charge is 0.308 e. The summed E-state index contributed by atoms with van der Waals surface area (Å²) in [7, 11) is 0. The highest BCUT2D eigenvalue weighted by atomic mass is 79.9. The largest absolute Gasteiger partial charge is 0.459 e. The standard InChI is InChI=1S/C19H13Br3O4/c1-9(20)18-16(12-5-3-4-6-15(12)26-18)17(24)11-7-13(21)19(14(22)8-11)25-10(2)23/h3-9H,1-2H3. The summed E-state index contributed by atoms with van der Waals surface area (Å²) in [6.45, 7) is 3.23. The van der Waals surface area contributed by atoms with Gasteiger partial charge in [0.2, 0.25) is 0 Å². The van der Waals surface area contributed by atoms with Crippen molar-refractivity contribution >= 4 is 70.5 Å². The van der Waals surface area contributed by atoms with Gasteiger partial charge in [-0.1, -0.05) is 34.1 Å². The van der Waals surface area contributed by atoms with E-state index in [2.05, 4.69) is 47.8 Å². The van der Waals surface area contributed by atoms with Crippen LogP contribution in [0, 0.1) is 0 Å². The van der Waals surface area contributed by atoms with E-state index in [1.54, 1.807) is 12.1 Å². The minimum atomic E-state index is -0.443. The van der Waals surface area contributed by atoms with E-state index in [1.165, 1.54) is 6.92 Å². The van der Waals surface area contributed by atoms with Gasteiger partial charge in [-0.2, -0.15) is 0 Å². The average Bonchev–Trinajstić information content (AvgIpc) is 2.97. The van der Waals surface area contributed by atoms with Crippen molar-refractivity contribution in [3.63, 3.8) is 0 Å². The number of carbonyl (C=O) groups excluding carboxylic acids is 2. The summed E-state index contributed by atoms with van der Waals surface area (Å²) in [5.41, 5.74) is 1.62. The van der Waals surface area contributed by atoms with Crippen LogP contribution >= 0.6 is 47.8 Å². The van der Waals surface area contributed by atoms with Gasteiger partial charge in [0.15, 0.2) is 11.5 Å². The molecule has 1 unspecified atom stereocenters. The molecule has 1 aromatic heterocycles. The van der Waals surface area contributed by atoms with Crippen LogP contribution in [-0.2, 0) is 4.79 Å². The van der Waals surface area contributed by atoms with E-state index in [-0.39, 0.29) is 10.6 Å². The number of alkyl halides is 1. The van der Waals surface area contributed by atoms with E-state index in [0.29, 0.717) is 37.2 Å². The molecule has 0 aliphatic carbocycles. The Bertz CT molecular complexity index is 998. The molecule has 26 heavy (non-hydrogen) atoms. The van der Waals surface area contributed by atoms with E-state index in [4.69, 9.17) is 9.15 Å². The van der Waals surface area contributed by atoms with E-state index in [9.17, 15) is 9.59 Å². The summed E-state index contributed by atoms with van der Waals surface area (Å²) in [5, 5.41) is 0.759. The van der Waals surface area contributed by atoms with Gasteiger partial charge in [-0.05, 0) is 57.0 Å². The van der Waals surface area contributed by atoms with Crippen molar-refractivity contribution in [3.8, 4) is 5.75 Å². The molecule has 3 aromatic rings. The number of hydrogen-bond donors (Lipinski definition) is 0. The molecule has 4 nitrogen and oxygen atoms in total. The van der Waals surface area contributed by atoms with Crippen LogP contribution in [0.3, 0.4) is 0 Å². The molecule has 0 radical (unpaired) electrons. The second-order valence-corrected chi connectivity index (χ2v) is 8.73. The number of esters is 1. The molecule has 7 heteroatoms. The topological polar surface area (TPSA) is 56.5 Å². The predicted octanol–water partition coefficient (Wildman–Crippen LogP) is 6.57. The molecule has 2 aromatic carbocycles. The molecule has 0 saturated heterocycles. The molecule has 0 N–H and O–H groups in total. The molecule has 1 atom stereocenters. The van der Waals surface area contributed by atoms with Crippen LogP contribution in [0.15, 0.2) is 49.8 Å². The number of carbonyl (C=O) groups is 2. The van der Waals surface area contributed by atoms with E-state index in [1.807, 2.05) is 31.2 Å². The fourth-order valence-electron chi connectivity index (χ4n) is 2.66. The summed E-state index contributed by atoms with van der Waals surface area (Å²) in [6.07, 6.45) is 0. The molecular formula is C19H13Br3O4. The van der Waals surface area contributed by atoms with Crippen molar-refractivity contribution in [3.05, 3.63) is 62.2 Å². The molecule has 0 saturated carbocycles. The number of ether oxygens (including phenoxy) is 1. The highest BCUT2D eigenvalue weighted by Crippen LogP contribution is 2.38. The number of fused-ring (bicyclic) bond motifs is 1. The van der Waals surface area contributed by atoms with Gasteiger partial charge in [0.1, 0.15) is 11.3 Å². The van der Waals surface area contributed by atoms with E-state index < -0.39 is 5.97 Å². The SMILES string of the molecule is CC(=O)Oc1c(Br)cc(C(=O)c2c(C(C)Br)oc3ccccc23)cc1Br. The first-order valence-electron chi connectivity index (χ1n) is 7.67. The van der Waals surface area contributed by atoms with Gasteiger partial charge in [-0.25, -0.2) is 0 Å². The van der Waals surface area contributed by atoms with Crippen LogP contribution in [0.5, 0.6) is 5.75 Å². The van der Waals surface area contributed by atoms with Gasteiger partial charge < -0.3 is 9.15 Å². The Morgan fingerprint density at radius 3 is 2.31 bits per heavy atom. The lowest BCUT2D eigenvalue weighted by atomic mass is 9.99. The molecular weight excluding hydrogens is 532 g/mol. The number of furan rings is 1. The Kier molecular flexibility index (Phi) is 5.69. The number of halogens is 3. The van der Waals surface area contributed by atoms with Gasteiger partial charge in [-0.15, -0.1) is 0 Å². The zero-order chi connectivity index (χ0) is 19.0. The fraction of sp³-hybridized carbons (Fsp3) is 0.158. The zero-order valence-corrected chi connectivity index (χ0v) is 18.6. The zero-order valence-electron chi connectivity index (χ0n) is 13.8. The lowest BCUT2D eigenvalue weighted by Gasteiger charge is -2.10. The molecule has 1 heterocycles. The number of ketones is 1. The monoisotopic (exact) mass is 542 g/mol. The van der Waals surface area contributed by atoms with Gasteiger partial charge in [-0.3, -0.25) is 9.59 Å². The van der Waals surface area contributed by atoms with Crippen LogP contribution in [0.4, 0.5) is 0 Å². The number of hydrogen-bond acceptors (Lipinski definition) is 4. The second-order valence-electron chi connectivity index (χ2n) is 5.65. The Morgan fingerprint density at radius 2 is 1.73 bits per heavy atom. The summed E-state index contributed by atoms with van der Waals surface area (Å²) in [4.78, 5) is 24.4. The van der Waals surface area contributed by atoms with Gasteiger partial charge in [0, 0.05) is 17.9 Å². The molecule has 0 aliphatic rings. The van der Waals surface area contributed by atoms with Crippen molar-refractivity contribution in [2.75, 3.05) is 0 Å².